The van der Waals surface area contributed by atoms with Gasteiger partial charge in [0.1, 0.15) is 23.9 Å². The lowest BCUT2D eigenvalue weighted by Gasteiger charge is -2.25. The molecule has 1 N–H and O–H groups in total. The van der Waals surface area contributed by atoms with Gasteiger partial charge in [-0.15, -0.1) is 0 Å². The largest absolute Gasteiger partial charge is 0.496 e. The van der Waals surface area contributed by atoms with Crippen molar-refractivity contribution in [1.82, 2.24) is 10.1 Å². The van der Waals surface area contributed by atoms with E-state index in [0.717, 1.165) is 6.07 Å². The summed E-state index contributed by atoms with van der Waals surface area (Å²) in [6.45, 7) is 0.272. The number of hydrogen-bond donors (Lipinski definition) is 1. The molecule has 21 heavy (non-hydrogen) atoms. The van der Waals surface area contributed by atoms with E-state index in [-0.39, 0.29) is 12.3 Å². The predicted octanol–water partition coefficient (Wildman–Crippen LogP) is 2.08. The highest BCUT2D eigenvalue weighted by Gasteiger charge is 2.28. The number of rotatable bonds is 6. The number of carboxylic acids is 1. The third kappa shape index (κ3) is 3.38. The van der Waals surface area contributed by atoms with Crippen LogP contribution in [-0.4, -0.2) is 35.3 Å². The van der Waals surface area contributed by atoms with Crippen molar-refractivity contribution >= 4 is 5.97 Å². The summed E-state index contributed by atoms with van der Waals surface area (Å²) in [6, 6.07) is 4.44. The highest BCUT2D eigenvalue weighted by molar-refractivity contribution is 5.76. The summed E-state index contributed by atoms with van der Waals surface area (Å²) < 4.78 is 23.0. The maximum absolute atomic E-state index is 13.2. The zero-order valence-corrected chi connectivity index (χ0v) is 11.6. The second-order valence-electron chi connectivity index (χ2n) is 4.53. The van der Waals surface area contributed by atoms with Crippen molar-refractivity contribution in [2.24, 2.45) is 0 Å². The van der Waals surface area contributed by atoms with Gasteiger partial charge in [-0.2, -0.15) is 0 Å². The van der Waals surface area contributed by atoms with E-state index >= 15 is 0 Å². The zero-order valence-electron chi connectivity index (χ0n) is 11.6. The van der Waals surface area contributed by atoms with E-state index in [4.69, 9.17) is 9.26 Å². The molecule has 7 heteroatoms. The maximum atomic E-state index is 13.2. The third-order valence-corrected chi connectivity index (χ3v) is 3.07. The molecule has 0 aliphatic carbocycles. The fourth-order valence-electron chi connectivity index (χ4n) is 2.14. The molecule has 1 aromatic heterocycles. The molecule has 0 aliphatic rings. The van der Waals surface area contributed by atoms with Crippen LogP contribution in [0.2, 0.25) is 0 Å². The summed E-state index contributed by atoms with van der Waals surface area (Å²) in [5, 5.41) is 13.2. The number of methoxy groups -OCH3 is 1. The van der Waals surface area contributed by atoms with Crippen molar-refractivity contribution in [3.8, 4) is 5.75 Å². The van der Waals surface area contributed by atoms with E-state index in [1.165, 1.54) is 25.5 Å². The Hall–Kier alpha value is -2.41. The lowest BCUT2D eigenvalue weighted by molar-refractivity contribution is -0.143. The number of nitrogens with zero attached hydrogens (tertiary/aromatic N) is 2. The molecule has 0 amide bonds. The SMILES string of the molecule is COc1cc(F)ccc1C(C(=O)O)N(C)Cc1ccon1. The van der Waals surface area contributed by atoms with Gasteiger partial charge in [0, 0.05) is 24.2 Å². The number of carbonyl (C=O) groups is 1. The van der Waals surface area contributed by atoms with Crippen molar-refractivity contribution in [1.29, 1.82) is 0 Å². The molecule has 0 radical (unpaired) electrons. The molecule has 2 aromatic rings. The Labute approximate surface area is 120 Å². The number of aliphatic carboxylic acids is 1. The lowest BCUT2D eigenvalue weighted by atomic mass is 10.0. The van der Waals surface area contributed by atoms with Gasteiger partial charge >= 0.3 is 5.97 Å². The number of hydrogen-bond acceptors (Lipinski definition) is 5. The molecule has 1 aromatic carbocycles. The Morgan fingerprint density at radius 1 is 1.52 bits per heavy atom. The van der Waals surface area contributed by atoms with Gasteiger partial charge in [-0.05, 0) is 13.1 Å². The lowest BCUT2D eigenvalue weighted by Crippen LogP contribution is -2.31. The summed E-state index contributed by atoms with van der Waals surface area (Å²) in [5.41, 5.74) is 0.974. The number of likely N-dealkylation sites (N-methyl/N-ethyl adjacent to an activating group) is 1. The molecule has 1 atom stereocenters. The van der Waals surface area contributed by atoms with Crippen LogP contribution in [0, 0.1) is 5.82 Å². The van der Waals surface area contributed by atoms with Crippen molar-refractivity contribution in [3.05, 3.63) is 47.6 Å². The average molecular weight is 294 g/mol. The zero-order chi connectivity index (χ0) is 15.4. The van der Waals surface area contributed by atoms with Crippen LogP contribution in [0.15, 0.2) is 35.1 Å². The normalized spacial score (nSPS) is 12.4. The van der Waals surface area contributed by atoms with Crippen LogP contribution >= 0.6 is 0 Å². The topological polar surface area (TPSA) is 75.8 Å². The summed E-state index contributed by atoms with van der Waals surface area (Å²) in [4.78, 5) is 13.2. The molecule has 0 fully saturated rings. The van der Waals surface area contributed by atoms with Gasteiger partial charge in [0.2, 0.25) is 0 Å². The van der Waals surface area contributed by atoms with Crippen molar-refractivity contribution < 1.29 is 23.6 Å². The molecule has 0 saturated heterocycles. The van der Waals surface area contributed by atoms with Crippen LogP contribution in [0.3, 0.4) is 0 Å². The highest BCUT2D eigenvalue weighted by atomic mass is 19.1. The van der Waals surface area contributed by atoms with Crippen molar-refractivity contribution in [2.45, 2.75) is 12.6 Å². The predicted molar refractivity (Wildman–Crippen MR) is 71.3 cm³/mol. The summed E-state index contributed by atoms with van der Waals surface area (Å²) >= 11 is 0. The second-order valence-corrected chi connectivity index (χ2v) is 4.53. The van der Waals surface area contributed by atoms with E-state index in [9.17, 15) is 14.3 Å². The standard InChI is InChI=1S/C14H15FN2O4/c1-17(8-10-5-6-21-16-10)13(14(18)19)11-4-3-9(15)7-12(11)20-2/h3-7,13H,8H2,1-2H3,(H,18,19). The van der Waals surface area contributed by atoms with E-state index in [0.29, 0.717) is 11.3 Å². The van der Waals surface area contributed by atoms with E-state index in [2.05, 4.69) is 5.16 Å². The molecule has 6 nitrogen and oxygen atoms in total. The molecule has 2 rings (SSSR count). The first kappa shape index (κ1) is 15.0. The number of halogens is 1. The molecule has 1 unspecified atom stereocenters. The third-order valence-electron chi connectivity index (χ3n) is 3.07. The number of aromatic nitrogens is 1. The Morgan fingerprint density at radius 3 is 2.86 bits per heavy atom. The number of benzene rings is 1. The van der Waals surface area contributed by atoms with Gasteiger partial charge in [-0.3, -0.25) is 9.69 Å². The minimum atomic E-state index is -1.06. The van der Waals surface area contributed by atoms with Crippen LogP contribution in [0.5, 0.6) is 5.75 Å². The fraction of sp³-hybridized carbons (Fsp3) is 0.286. The molecule has 1 heterocycles. The monoisotopic (exact) mass is 294 g/mol. The quantitative estimate of drug-likeness (QED) is 0.879. The average Bonchev–Trinajstić information content (AvgIpc) is 2.93. The van der Waals surface area contributed by atoms with Crippen LogP contribution in [-0.2, 0) is 11.3 Å². The molecular formula is C14H15FN2O4. The minimum absolute atomic E-state index is 0.189. The Kier molecular flexibility index (Phi) is 4.54. The van der Waals surface area contributed by atoms with Gasteiger partial charge in [0.05, 0.1) is 12.8 Å². The smallest absolute Gasteiger partial charge is 0.325 e. The minimum Gasteiger partial charge on any atom is -0.496 e. The van der Waals surface area contributed by atoms with Crippen LogP contribution in [0.1, 0.15) is 17.3 Å². The Bertz CT molecular complexity index is 615. The van der Waals surface area contributed by atoms with Crippen molar-refractivity contribution in [3.63, 3.8) is 0 Å². The van der Waals surface area contributed by atoms with Crippen molar-refractivity contribution in [2.75, 3.05) is 14.2 Å². The molecule has 0 saturated carbocycles. The van der Waals surface area contributed by atoms with Gasteiger partial charge in [0.15, 0.2) is 0 Å². The van der Waals surface area contributed by atoms with Gasteiger partial charge < -0.3 is 14.4 Å². The molecule has 0 aliphatic heterocycles. The molecule has 112 valence electrons. The molecular weight excluding hydrogens is 279 g/mol. The van der Waals surface area contributed by atoms with Gasteiger partial charge in [-0.1, -0.05) is 11.2 Å². The van der Waals surface area contributed by atoms with Crippen LogP contribution < -0.4 is 4.74 Å². The van der Waals surface area contributed by atoms with E-state index in [1.54, 1.807) is 18.0 Å². The number of ether oxygens (including phenoxy) is 1. The highest BCUT2D eigenvalue weighted by Crippen LogP contribution is 2.30. The first-order chi connectivity index (χ1) is 10.0. The van der Waals surface area contributed by atoms with E-state index in [1.807, 2.05) is 0 Å². The summed E-state index contributed by atoms with van der Waals surface area (Å²) in [5.74, 6) is -1.36. The fourth-order valence-corrected chi connectivity index (χ4v) is 2.14. The van der Waals surface area contributed by atoms with E-state index < -0.39 is 17.8 Å². The Morgan fingerprint density at radius 2 is 2.29 bits per heavy atom. The molecule has 0 spiro atoms. The summed E-state index contributed by atoms with van der Waals surface area (Å²) in [7, 11) is 3.01. The second kappa shape index (κ2) is 6.36. The van der Waals surface area contributed by atoms with Crippen LogP contribution in [0.4, 0.5) is 4.39 Å². The summed E-state index contributed by atoms with van der Waals surface area (Å²) in [6.07, 6.45) is 1.41. The maximum Gasteiger partial charge on any atom is 0.325 e. The van der Waals surface area contributed by atoms with Gasteiger partial charge in [0.25, 0.3) is 0 Å². The first-order valence-electron chi connectivity index (χ1n) is 6.18. The Balaban J connectivity index is 2.32. The van der Waals surface area contributed by atoms with Gasteiger partial charge in [-0.25, -0.2) is 4.39 Å². The molecule has 0 bridgehead atoms. The number of carboxylic acid groups (broad SMARTS) is 1. The first-order valence-corrected chi connectivity index (χ1v) is 6.18. The van der Waals surface area contributed by atoms with Crippen LogP contribution in [0.25, 0.3) is 0 Å².